The second kappa shape index (κ2) is 9.50. The van der Waals surface area contributed by atoms with Crippen molar-refractivity contribution in [2.24, 2.45) is 5.92 Å². The van der Waals surface area contributed by atoms with Crippen LogP contribution >= 0.6 is 0 Å². The third-order valence-electron chi connectivity index (χ3n) is 1.27. The Labute approximate surface area is 70.6 Å². The fourth-order valence-electron chi connectivity index (χ4n) is 0.288. The fraction of sp³-hybridized carbons (Fsp3) is 0.778. The van der Waals surface area contributed by atoms with E-state index in [0.717, 1.165) is 0 Å². The van der Waals surface area contributed by atoms with Gasteiger partial charge in [-0.2, -0.15) is 5.48 Å². The van der Waals surface area contributed by atoms with E-state index in [1.807, 2.05) is 20.8 Å². The van der Waals surface area contributed by atoms with Crippen LogP contribution in [0, 0.1) is 5.92 Å². The number of hydrogen-bond acceptors (Lipinski definition) is 2. The molecule has 0 spiro atoms. The molecule has 11 heavy (non-hydrogen) atoms. The molecule has 0 saturated carbocycles. The van der Waals surface area contributed by atoms with E-state index < -0.39 is 0 Å². The first-order chi connectivity index (χ1) is 5.18. The van der Waals surface area contributed by atoms with Gasteiger partial charge in [0.1, 0.15) is 6.26 Å². The van der Waals surface area contributed by atoms with Gasteiger partial charge in [0.2, 0.25) is 0 Å². The van der Waals surface area contributed by atoms with E-state index in [9.17, 15) is 0 Å². The summed E-state index contributed by atoms with van der Waals surface area (Å²) in [6.07, 6.45) is 1.73. The van der Waals surface area contributed by atoms with Gasteiger partial charge in [0.25, 0.3) is 0 Å². The summed E-state index contributed by atoms with van der Waals surface area (Å²) in [6.45, 7) is 10.3. The predicted octanol–water partition coefficient (Wildman–Crippen LogP) is 2.72. The monoisotopic (exact) mass is 159 g/mol. The van der Waals surface area contributed by atoms with E-state index >= 15 is 0 Å². The lowest BCUT2D eigenvalue weighted by Gasteiger charge is -2.03. The zero-order chi connectivity index (χ0) is 9.28. The fourth-order valence-corrected chi connectivity index (χ4v) is 0.288. The largest absolute Gasteiger partial charge is 0.417 e. The van der Waals surface area contributed by atoms with E-state index in [1.54, 1.807) is 13.3 Å². The molecule has 0 fully saturated rings. The Hall–Kier alpha value is -0.500. The normalized spacial score (nSPS) is 10.6. The first kappa shape index (κ1) is 13.1. The summed E-state index contributed by atoms with van der Waals surface area (Å²) >= 11 is 0. The molecule has 0 atom stereocenters. The first-order valence-corrected chi connectivity index (χ1v) is 4.17. The van der Waals surface area contributed by atoms with E-state index in [1.165, 1.54) is 5.57 Å². The van der Waals surface area contributed by atoms with Gasteiger partial charge in [-0.15, -0.1) is 0 Å². The predicted molar refractivity (Wildman–Crippen MR) is 50.1 cm³/mol. The van der Waals surface area contributed by atoms with Crippen molar-refractivity contribution in [2.45, 2.75) is 34.6 Å². The second-order valence-electron chi connectivity index (χ2n) is 2.34. The maximum atomic E-state index is 4.84. The van der Waals surface area contributed by atoms with Crippen LogP contribution in [0.25, 0.3) is 0 Å². The zero-order valence-corrected chi connectivity index (χ0v) is 8.56. The molecule has 0 radical (unpaired) electrons. The molecule has 0 bridgehead atoms. The average Bonchev–Trinajstić information content (AvgIpc) is 2.03. The first-order valence-electron chi connectivity index (χ1n) is 4.17. The van der Waals surface area contributed by atoms with Crippen LogP contribution in [0.2, 0.25) is 0 Å². The number of allylic oxidation sites excluding steroid dienone is 1. The van der Waals surface area contributed by atoms with E-state index in [-0.39, 0.29) is 0 Å². The quantitative estimate of drug-likeness (QED) is 0.505. The number of hydroxylamine groups is 1. The molecule has 1 N–H and O–H groups in total. The van der Waals surface area contributed by atoms with Gasteiger partial charge in [-0.3, -0.25) is 0 Å². The van der Waals surface area contributed by atoms with E-state index in [2.05, 4.69) is 19.3 Å². The van der Waals surface area contributed by atoms with Crippen LogP contribution in [0.3, 0.4) is 0 Å². The van der Waals surface area contributed by atoms with Gasteiger partial charge < -0.3 is 4.84 Å². The molecule has 0 aliphatic heterocycles. The summed E-state index contributed by atoms with van der Waals surface area (Å²) in [6, 6.07) is 0. The highest BCUT2D eigenvalue weighted by atomic mass is 16.6. The van der Waals surface area contributed by atoms with Crippen molar-refractivity contribution in [1.82, 2.24) is 5.48 Å². The molecule has 0 rings (SSSR count). The van der Waals surface area contributed by atoms with E-state index in [0.29, 0.717) is 5.92 Å². The molecule has 0 aromatic rings. The van der Waals surface area contributed by atoms with Crippen LogP contribution in [0.4, 0.5) is 0 Å². The molecule has 0 unspecified atom stereocenters. The van der Waals surface area contributed by atoms with Gasteiger partial charge in [0, 0.05) is 7.05 Å². The van der Waals surface area contributed by atoms with Crippen LogP contribution < -0.4 is 5.48 Å². The summed E-state index contributed by atoms with van der Waals surface area (Å²) in [5, 5.41) is 0. The zero-order valence-electron chi connectivity index (χ0n) is 8.56. The van der Waals surface area contributed by atoms with Crippen LogP contribution in [-0.4, -0.2) is 7.05 Å². The molecule has 2 heteroatoms. The van der Waals surface area contributed by atoms with Gasteiger partial charge in [-0.1, -0.05) is 27.7 Å². The topological polar surface area (TPSA) is 21.3 Å². The van der Waals surface area contributed by atoms with Crippen molar-refractivity contribution in [2.75, 3.05) is 7.05 Å². The Bertz CT molecular complexity index is 97.7. The van der Waals surface area contributed by atoms with Crippen molar-refractivity contribution >= 4 is 0 Å². The van der Waals surface area contributed by atoms with E-state index in [4.69, 9.17) is 4.84 Å². The average molecular weight is 159 g/mol. The van der Waals surface area contributed by atoms with Gasteiger partial charge >= 0.3 is 0 Å². The Morgan fingerprint density at radius 3 is 2.09 bits per heavy atom. The molecule has 0 aliphatic carbocycles. The van der Waals surface area contributed by atoms with Crippen molar-refractivity contribution in [3.8, 4) is 0 Å². The number of nitrogens with one attached hydrogen (secondary N) is 1. The third kappa shape index (κ3) is 9.50. The Balaban J connectivity index is 0. The SMILES string of the molecule is CC.CNO/C=C(\C)C(C)C. The van der Waals surface area contributed by atoms with Gasteiger partial charge in [0.05, 0.1) is 0 Å². The minimum atomic E-state index is 0.568. The van der Waals surface area contributed by atoms with Crippen molar-refractivity contribution in [3.63, 3.8) is 0 Å². The van der Waals surface area contributed by atoms with Gasteiger partial charge in [-0.25, -0.2) is 0 Å². The van der Waals surface area contributed by atoms with Gasteiger partial charge in [-0.05, 0) is 18.4 Å². The minimum absolute atomic E-state index is 0.568. The summed E-state index contributed by atoms with van der Waals surface area (Å²) < 4.78 is 0. The molecule has 68 valence electrons. The summed E-state index contributed by atoms with van der Waals surface area (Å²) in [7, 11) is 1.74. The van der Waals surface area contributed by atoms with Crippen molar-refractivity contribution in [1.29, 1.82) is 0 Å². The molecule has 0 aliphatic rings. The van der Waals surface area contributed by atoms with Crippen LogP contribution in [-0.2, 0) is 4.84 Å². The molecule has 0 aromatic heterocycles. The highest BCUT2D eigenvalue weighted by Gasteiger charge is 1.94. The molecule has 0 amide bonds. The lowest BCUT2D eigenvalue weighted by atomic mass is 10.1. The summed E-state index contributed by atoms with van der Waals surface area (Å²) in [5.74, 6) is 0.568. The molecule has 0 aromatic carbocycles. The second-order valence-corrected chi connectivity index (χ2v) is 2.34. The third-order valence-corrected chi connectivity index (χ3v) is 1.27. The number of rotatable bonds is 3. The number of hydrogen-bond donors (Lipinski definition) is 1. The lowest BCUT2D eigenvalue weighted by Crippen LogP contribution is -2.02. The Morgan fingerprint density at radius 2 is 1.82 bits per heavy atom. The molecular formula is C9H21NO. The van der Waals surface area contributed by atoms with Crippen molar-refractivity contribution in [3.05, 3.63) is 11.8 Å². The van der Waals surface area contributed by atoms with Crippen LogP contribution in [0.1, 0.15) is 34.6 Å². The lowest BCUT2D eigenvalue weighted by molar-refractivity contribution is 0.155. The highest BCUT2D eigenvalue weighted by Crippen LogP contribution is 2.06. The van der Waals surface area contributed by atoms with Crippen molar-refractivity contribution < 1.29 is 4.84 Å². The minimum Gasteiger partial charge on any atom is -0.417 e. The Kier molecular flexibility index (Phi) is 11.3. The summed E-state index contributed by atoms with van der Waals surface area (Å²) in [5.41, 5.74) is 3.82. The molecule has 0 heterocycles. The van der Waals surface area contributed by atoms with Crippen LogP contribution in [0.5, 0.6) is 0 Å². The molecule has 2 nitrogen and oxygen atoms in total. The maximum Gasteiger partial charge on any atom is 0.110 e. The molecule has 0 saturated heterocycles. The highest BCUT2D eigenvalue weighted by molar-refractivity contribution is 4.95. The maximum absolute atomic E-state index is 4.84. The smallest absolute Gasteiger partial charge is 0.110 e. The standard InChI is InChI=1S/C7H15NO.C2H6/c1-6(2)7(3)5-9-8-4;1-2/h5-6,8H,1-4H3;1-2H3/b7-5+;. The van der Waals surface area contributed by atoms with Gasteiger partial charge in [0.15, 0.2) is 0 Å². The molecular weight excluding hydrogens is 138 g/mol. The Morgan fingerprint density at radius 1 is 1.36 bits per heavy atom. The van der Waals surface area contributed by atoms with Crippen LogP contribution in [0.15, 0.2) is 11.8 Å². The summed E-state index contributed by atoms with van der Waals surface area (Å²) in [4.78, 5) is 4.84.